The van der Waals surface area contributed by atoms with Crippen molar-refractivity contribution in [3.8, 4) is 0 Å². The SMILES string of the molecule is O=C(O)[C@@H]1C[C@H]1c1cc(Br)cnc1Cl. The third kappa shape index (κ3) is 1.77. The first-order valence-corrected chi connectivity index (χ1v) is 5.30. The molecule has 3 nitrogen and oxygen atoms in total. The monoisotopic (exact) mass is 275 g/mol. The fourth-order valence-corrected chi connectivity index (χ4v) is 2.10. The van der Waals surface area contributed by atoms with Crippen molar-refractivity contribution in [2.24, 2.45) is 5.92 Å². The van der Waals surface area contributed by atoms with Crippen LogP contribution in [0.4, 0.5) is 0 Å². The van der Waals surface area contributed by atoms with E-state index in [9.17, 15) is 4.79 Å². The highest BCUT2D eigenvalue weighted by Crippen LogP contribution is 2.49. The number of aromatic nitrogens is 1. The minimum Gasteiger partial charge on any atom is -0.481 e. The van der Waals surface area contributed by atoms with Crippen molar-refractivity contribution < 1.29 is 9.90 Å². The van der Waals surface area contributed by atoms with Crippen molar-refractivity contribution in [2.45, 2.75) is 12.3 Å². The summed E-state index contributed by atoms with van der Waals surface area (Å²) in [6.07, 6.45) is 2.26. The molecule has 1 aromatic rings. The summed E-state index contributed by atoms with van der Waals surface area (Å²) in [4.78, 5) is 14.6. The van der Waals surface area contributed by atoms with Gasteiger partial charge in [-0.05, 0) is 34.0 Å². The molecule has 1 aromatic heterocycles. The second-order valence-corrected chi connectivity index (χ2v) is 4.59. The maximum atomic E-state index is 10.7. The first-order valence-electron chi connectivity index (χ1n) is 4.13. The minimum atomic E-state index is -0.758. The summed E-state index contributed by atoms with van der Waals surface area (Å²) >= 11 is 9.16. The smallest absolute Gasteiger partial charge is 0.307 e. The molecule has 5 heteroatoms. The van der Waals surface area contributed by atoms with Gasteiger partial charge in [0.15, 0.2) is 0 Å². The Hall–Kier alpha value is -0.610. The Morgan fingerprint density at radius 1 is 1.71 bits per heavy atom. The molecule has 1 N–H and O–H groups in total. The zero-order chi connectivity index (χ0) is 10.3. The lowest BCUT2D eigenvalue weighted by Crippen LogP contribution is -1.99. The van der Waals surface area contributed by atoms with Crippen LogP contribution in [-0.4, -0.2) is 16.1 Å². The number of aliphatic carboxylic acids is 1. The van der Waals surface area contributed by atoms with Crippen LogP contribution in [-0.2, 0) is 4.79 Å². The van der Waals surface area contributed by atoms with Gasteiger partial charge in [0.05, 0.1) is 5.92 Å². The Bertz CT molecular complexity index is 396. The molecule has 0 spiro atoms. The summed E-state index contributed by atoms with van der Waals surface area (Å²) in [5, 5.41) is 9.17. The maximum absolute atomic E-state index is 10.7. The highest BCUT2D eigenvalue weighted by molar-refractivity contribution is 9.10. The van der Waals surface area contributed by atoms with Crippen LogP contribution in [0.25, 0.3) is 0 Å². The molecule has 1 aliphatic rings. The van der Waals surface area contributed by atoms with E-state index in [1.807, 2.05) is 6.07 Å². The van der Waals surface area contributed by atoms with E-state index in [0.717, 1.165) is 10.0 Å². The summed E-state index contributed by atoms with van der Waals surface area (Å²) < 4.78 is 0.827. The predicted octanol–water partition coefficient (Wildman–Crippen LogP) is 2.69. The Kier molecular flexibility index (Phi) is 2.49. The van der Waals surface area contributed by atoms with Crippen LogP contribution < -0.4 is 0 Å². The van der Waals surface area contributed by atoms with E-state index in [1.165, 1.54) is 0 Å². The van der Waals surface area contributed by atoms with Crippen molar-refractivity contribution >= 4 is 33.5 Å². The van der Waals surface area contributed by atoms with Crippen LogP contribution in [0.5, 0.6) is 0 Å². The van der Waals surface area contributed by atoms with Gasteiger partial charge in [0.25, 0.3) is 0 Å². The van der Waals surface area contributed by atoms with Crippen LogP contribution in [0.15, 0.2) is 16.7 Å². The molecule has 74 valence electrons. The van der Waals surface area contributed by atoms with E-state index < -0.39 is 5.97 Å². The zero-order valence-electron chi connectivity index (χ0n) is 7.08. The second-order valence-electron chi connectivity index (χ2n) is 3.32. The number of carbonyl (C=O) groups is 1. The van der Waals surface area contributed by atoms with E-state index in [4.69, 9.17) is 16.7 Å². The lowest BCUT2D eigenvalue weighted by atomic mass is 10.1. The van der Waals surface area contributed by atoms with Gasteiger partial charge in [-0.1, -0.05) is 11.6 Å². The summed E-state index contributed by atoms with van der Waals surface area (Å²) in [5.74, 6) is -1.01. The van der Waals surface area contributed by atoms with Gasteiger partial charge in [-0.3, -0.25) is 4.79 Å². The molecule has 0 aromatic carbocycles. The molecule has 2 atom stereocenters. The maximum Gasteiger partial charge on any atom is 0.307 e. The summed E-state index contributed by atoms with van der Waals surface area (Å²) in [5.41, 5.74) is 0.827. The fraction of sp³-hybridized carbons (Fsp3) is 0.333. The van der Waals surface area contributed by atoms with Gasteiger partial charge in [-0.2, -0.15) is 0 Å². The van der Waals surface area contributed by atoms with Gasteiger partial charge in [-0.15, -0.1) is 0 Å². The van der Waals surface area contributed by atoms with Gasteiger partial charge in [0.2, 0.25) is 0 Å². The standard InChI is InChI=1S/C9H7BrClNO2/c10-4-1-6(8(11)12-3-4)5-2-7(5)9(13)14/h1,3,5,7H,2H2,(H,13,14)/t5-,7+/m0/s1. The topological polar surface area (TPSA) is 50.2 Å². The predicted molar refractivity (Wildman–Crippen MR) is 55.4 cm³/mol. The van der Waals surface area contributed by atoms with Crippen molar-refractivity contribution in [1.29, 1.82) is 0 Å². The number of rotatable bonds is 2. The minimum absolute atomic E-state index is 0.0324. The molecule has 0 bridgehead atoms. The molecule has 0 unspecified atom stereocenters. The molecule has 1 heterocycles. The van der Waals surface area contributed by atoms with Crippen LogP contribution in [0.3, 0.4) is 0 Å². The zero-order valence-corrected chi connectivity index (χ0v) is 9.42. The molecule has 0 radical (unpaired) electrons. The van der Waals surface area contributed by atoms with Gasteiger partial charge < -0.3 is 5.11 Å². The van der Waals surface area contributed by atoms with E-state index >= 15 is 0 Å². The van der Waals surface area contributed by atoms with Gasteiger partial charge in [-0.25, -0.2) is 4.98 Å². The Morgan fingerprint density at radius 3 is 3.00 bits per heavy atom. The highest BCUT2D eigenvalue weighted by Gasteiger charge is 2.45. The van der Waals surface area contributed by atoms with Crippen molar-refractivity contribution in [3.63, 3.8) is 0 Å². The van der Waals surface area contributed by atoms with Gasteiger partial charge >= 0.3 is 5.97 Å². The van der Waals surface area contributed by atoms with Crippen LogP contribution in [0.2, 0.25) is 5.15 Å². The number of carboxylic acid groups (broad SMARTS) is 1. The van der Waals surface area contributed by atoms with Crippen molar-refractivity contribution in [1.82, 2.24) is 4.98 Å². The molecule has 1 aliphatic carbocycles. The molecule has 0 aliphatic heterocycles. The second kappa shape index (κ2) is 3.51. The highest BCUT2D eigenvalue weighted by atomic mass is 79.9. The van der Waals surface area contributed by atoms with E-state index in [-0.39, 0.29) is 11.8 Å². The number of carboxylic acids is 1. The molecule has 0 saturated heterocycles. The number of halogens is 2. The molecule has 0 amide bonds. The number of hydrogen-bond acceptors (Lipinski definition) is 2. The molecule has 1 fully saturated rings. The summed E-state index contributed by atoms with van der Waals surface area (Å²) in [7, 11) is 0. The Morgan fingerprint density at radius 2 is 2.43 bits per heavy atom. The number of hydrogen-bond donors (Lipinski definition) is 1. The van der Waals surface area contributed by atoms with Gasteiger partial charge in [0.1, 0.15) is 5.15 Å². The van der Waals surface area contributed by atoms with Crippen LogP contribution in [0, 0.1) is 5.92 Å². The molecular formula is C9H7BrClNO2. The third-order valence-electron chi connectivity index (χ3n) is 2.34. The Labute approximate surface area is 94.2 Å². The first kappa shape index (κ1) is 9.93. The van der Waals surface area contributed by atoms with Crippen molar-refractivity contribution in [3.05, 3.63) is 27.5 Å². The average Bonchev–Trinajstić information content (AvgIpc) is 2.88. The lowest BCUT2D eigenvalue weighted by Gasteiger charge is -2.01. The van der Waals surface area contributed by atoms with E-state index in [0.29, 0.717) is 11.6 Å². The molecule has 14 heavy (non-hydrogen) atoms. The van der Waals surface area contributed by atoms with Gasteiger partial charge in [0, 0.05) is 16.6 Å². The van der Waals surface area contributed by atoms with Crippen LogP contribution in [0.1, 0.15) is 17.9 Å². The third-order valence-corrected chi connectivity index (χ3v) is 3.09. The largest absolute Gasteiger partial charge is 0.481 e. The summed E-state index contributed by atoms with van der Waals surface area (Å²) in [6.45, 7) is 0. The van der Waals surface area contributed by atoms with Crippen molar-refractivity contribution in [2.75, 3.05) is 0 Å². The quantitative estimate of drug-likeness (QED) is 0.845. The Balaban J connectivity index is 2.26. The van der Waals surface area contributed by atoms with E-state index in [1.54, 1.807) is 6.20 Å². The molecule has 2 rings (SSSR count). The molecule has 1 saturated carbocycles. The first-order chi connectivity index (χ1) is 6.59. The molecular weight excluding hydrogens is 269 g/mol. The van der Waals surface area contributed by atoms with E-state index in [2.05, 4.69) is 20.9 Å². The van der Waals surface area contributed by atoms with Crippen LogP contribution >= 0.6 is 27.5 Å². The fourth-order valence-electron chi connectivity index (χ4n) is 1.51. The summed E-state index contributed by atoms with van der Waals surface area (Å²) in [6, 6.07) is 1.84. The normalized spacial score (nSPS) is 24.7. The number of pyridine rings is 1. The lowest BCUT2D eigenvalue weighted by molar-refractivity contribution is -0.138. The number of nitrogens with zero attached hydrogens (tertiary/aromatic N) is 1. The average molecular weight is 277 g/mol.